The zero-order valence-corrected chi connectivity index (χ0v) is 15.7. The van der Waals surface area contributed by atoms with E-state index in [0.29, 0.717) is 17.4 Å². The van der Waals surface area contributed by atoms with Gasteiger partial charge in [-0.05, 0) is 43.7 Å². The van der Waals surface area contributed by atoms with Crippen molar-refractivity contribution in [3.63, 3.8) is 0 Å². The molecule has 1 heterocycles. The lowest BCUT2D eigenvalue weighted by molar-refractivity contribution is -0.122. The van der Waals surface area contributed by atoms with Crippen LogP contribution in [0.25, 0.3) is 5.69 Å². The van der Waals surface area contributed by atoms with Gasteiger partial charge in [0.2, 0.25) is 5.91 Å². The van der Waals surface area contributed by atoms with E-state index in [-0.39, 0.29) is 18.5 Å². The van der Waals surface area contributed by atoms with Gasteiger partial charge in [-0.3, -0.25) is 23.5 Å². The highest BCUT2D eigenvalue weighted by Gasteiger charge is 2.20. The maximum atomic E-state index is 12.5. The van der Waals surface area contributed by atoms with Gasteiger partial charge in [0.25, 0.3) is 0 Å². The van der Waals surface area contributed by atoms with Crippen molar-refractivity contribution in [3.05, 3.63) is 57.4 Å². The number of ether oxygens (including phenoxy) is 1. The molecule has 27 heavy (non-hydrogen) atoms. The molecule has 0 atom stereocenters. The molecule has 0 unspecified atom stereocenters. The van der Waals surface area contributed by atoms with Crippen LogP contribution in [0.4, 0.5) is 0 Å². The van der Waals surface area contributed by atoms with Crippen molar-refractivity contribution in [2.24, 2.45) is 5.92 Å². The highest BCUT2D eigenvalue weighted by Crippen LogP contribution is 2.23. The second-order valence-corrected chi connectivity index (χ2v) is 7.10. The molecule has 1 aromatic heterocycles. The second-order valence-electron chi connectivity index (χ2n) is 7.10. The number of amides is 1. The molecule has 1 aromatic carbocycles. The fourth-order valence-corrected chi connectivity index (χ4v) is 3.48. The highest BCUT2D eigenvalue weighted by atomic mass is 16.5. The average Bonchev–Trinajstić information content (AvgIpc) is 2.67. The van der Waals surface area contributed by atoms with Crippen LogP contribution < -0.4 is 21.2 Å². The van der Waals surface area contributed by atoms with E-state index in [2.05, 4.69) is 12.2 Å². The number of nitrogens with one attached hydrogen (secondary N) is 1. The van der Waals surface area contributed by atoms with Gasteiger partial charge in [0.1, 0.15) is 12.3 Å². The summed E-state index contributed by atoms with van der Waals surface area (Å²) in [4.78, 5) is 37.2. The third kappa shape index (κ3) is 4.30. The smallest absolute Gasteiger partial charge is 0.321 e. The predicted molar refractivity (Wildman–Crippen MR) is 102 cm³/mol. The number of hydrogen-bond donors (Lipinski definition) is 1. The van der Waals surface area contributed by atoms with Crippen LogP contribution in [0.1, 0.15) is 32.6 Å². The van der Waals surface area contributed by atoms with Gasteiger partial charge in [-0.15, -0.1) is 0 Å². The molecular formula is C20H25N3O4. The Balaban J connectivity index is 1.76. The molecule has 1 N–H and O–H groups in total. The van der Waals surface area contributed by atoms with E-state index in [4.69, 9.17) is 4.74 Å². The summed E-state index contributed by atoms with van der Waals surface area (Å²) in [6.45, 7) is 2.06. The Morgan fingerprint density at radius 2 is 1.81 bits per heavy atom. The zero-order valence-electron chi connectivity index (χ0n) is 15.7. The Hall–Kier alpha value is -2.83. The van der Waals surface area contributed by atoms with Crippen molar-refractivity contribution in [3.8, 4) is 11.4 Å². The normalized spacial score (nSPS) is 19.5. The van der Waals surface area contributed by atoms with E-state index in [0.717, 1.165) is 30.3 Å². The van der Waals surface area contributed by atoms with Crippen LogP contribution in [0, 0.1) is 5.92 Å². The van der Waals surface area contributed by atoms with Crippen LogP contribution in [0.15, 0.2) is 46.2 Å². The van der Waals surface area contributed by atoms with Gasteiger partial charge in [0.05, 0.1) is 12.8 Å². The number of methoxy groups -OCH3 is 1. The minimum absolute atomic E-state index is 0.151. The molecule has 1 fully saturated rings. The van der Waals surface area contributed by atoms with Crippen LogP contribution in [0.2, 0.25) is 0 Å². The summed E-state index contributed by atoms with van der Waals surface area (Å²) >= 11 is 0. The molecule has 1 amide bonds. The lowest BCUT2D eigenvalue weighted by Gasteiger charge is -2.27. The number of hydrogen-bond acceptors (Lipinski definition) is 4. The molecular weight excluding hydrogens is 346 g/mol. The highest BCUT2D eigenvalue weighted by molar-refractivity contribution is 5.76. The summed E-state index contributed by atoms with van der Waals surface area (Å²) in [5, 5.41) is 2.97. The molecule has 0 saturated heterocycles. The number of benzene rings is 1. The minimum atomic E-state index is -0.740. The summed E-state index contributed by atoms with van der Waals surface area (Å²) in [5.74, 6) is 0.940. The molecule has 0 bridgehead atoms. The molecule has 7 heteroatoms. The first kappa shape index (κ1) is 18.9. The lowest BCUT2D eigenvalue weighted by atomic mass is 9.87. The van der Waals surface area contributed by atoms with Crippen molar-refractivity contribution < 1.29 is 9.53 Å². The third-order valence-electron chi connectivity index (χ3n) is 5.10. The third-order valence-corrected chi connectivity index (χ3v) is 5.10. The van der Waals surface area contributed by atoms with Gasteiger partial charge < -0.3 is 10.1 Å². The molecule has 2 aromatic rings. The van der Waals surface area contributed by atoms with Crippen LogP contribution >= 0.6 is 0 Å². The standard InChI is InChI=1S/C20H25N3O4/c1-14-7-9-15(10-8-14)21-18(24)13-22-11-12-23(20(26)19(22)25)16-5-3-4-6-17(16)27-2/h3-6,11-12,14-15H,7-10,13H2,1-2H3,(H,21,24). The van der Waals surface area contributed by atoms with Gasteiger partial charge in [-0.2, -0.15) is 0 Å². The molecule has 0 aliphatic heterocycles. The number of carbonyl (C=O) groups is 1. The van der Waals surface area contributed by atoms with E-state index in [1.165, 1.54) is 24.1 Å². The Kier molecular flexibility index (Phi) is 5.78. The van der Waals surface area contributed by atoms with Crippen LogP contribution in [0.5, 0.6) is 5.75 Å². The molecule has 7 nitrogen and oxygen atoms in total. The van der Waals surface area contributed by atoms with Gasteiger partial charge in [0.15, 0.2) is 0 Å². The summed E-state index contributed by atoms with van der Waals surface area (Å²) < 4.78 is 7.63. The first-order chi connectivity index (χ1) is 13.0. The fraction of sp³-hybridized carbons (Fsp3) is 0.450. The predicted octanol–water partition coefficient (Wildman–Crippen LogP) is 1.70. The van der Waals surface area contributed by atoms with Gasteiger partial charge >= 0.3 is 11.1 Å². The molecule has 1 saturated carbocycles. The van der Waals surface area contributed by atoms with E-state index in [1.807, 2.05) is 0 Å². The average molecular weight is 371 g/mol. The first-order valence-electron chi connectivity index (χ1n) is 9.24. The maximum absolute atomic E-state index is 12.5. The quantitative estimate of drug-likeness (QED) is 0.811. The van der Waals surface area contributed by atoms with Crippen molar-refractivity contribution >= 4 is 5.91 Å². The van der Waals surface area contributed by atoms with E-state index in [1.54, 1.807) is 24.3 Å². The molecule has 0 radical (unpaired) electrons. The Morgan fingerprint density at radius 1 is 1.11 bits per heavy atom. The SMILES string of the molecule is COc1ccccc1-n1ccn(CC(=O)NC2CCC(C)CC2)c(=O)c1=O. The van der Waals surface area contributed by atoms with Gasteiger partial charge in [-0.1, -0.05) is 19.1 Å². The van der Waals surface area contributed by atoms with Crippen molar-refractivity contribution in [1.82, 2.24) is 14.5 Å². The maximum Gasteiger partial charge on any atom is 0.321 e. The lowest BCUT2D eigenvalue weighted by Crippen LogP contribution is -2.44. The summed E-state index contributed by atoms with van der Waals surface area (Å²) in [6.07, 6.45) is 7.05. The van der Waals surface area contributed by atoms with Gasteiger partial charge in [0, 0.05) is 18.4 Å². The summed E-state index contributed by atoms with van der Waals surface area (Å²) in [7, 11) is 1.50. The number of para-hydroxylation sites is 2. The Labute approximate surface area is 157 Å². The van der Waals surface area contributed by atoms with E-state index >= 15 is 0 Å². The molecule has 0 spiro atoms. The minimum Gasteiger partial charge on any atom is -0.495 e. The largest absolute Gasteiger partial charge is 0.495 e. The van der Waals surface area contributed by atoms with Crippen LogP contribution in [0.3, 0.4) is 0 Å². The zero-order chi connectivity index (χ0) is 19.4. The number of rotatable bonds is 5. The summed E-state index contributed by atoms with van der Waals surface area (Å²) in [6, 6.07) is 7.10. The molecule has 1 aliphatic carbocycles. The van der Waals surface area contributed by atoms with Crippen molar-refractivity contribution in [2.45, 2.75) is 45.2 Å². The number of carbonyl (C=O) groups excluding carboxylic acids is 1. The van der Waals surface area contributed by atoms with E-state index in [9.17, 15) is 14.4 Å². The first-order valence-corrected chi connectivity index (χ1v) is 9.24. The van der Waals surface area contributed by atoms with Gasteiger partial charge in [-0.25, -0.2) is 0 Å². The fourth-order valence-electron chi connectivity index (χ4n) is 3.48. The Morgan fingerprint density at radius 3 is 2.52 bits per heavy atom. The summed E-state index contributed by atoms with van der Waals surface area (Å²) in [5.41, 5.74) is -0.979. The Bertz CT molecular complexity index is 923. The molecule has 1 aliphatic rings. The van der Waals surface area contributed by atoms with Crippen molar-refractivity contribution in [1.29, 1.82) is 0 Å². The molecule has 3 rings (SSSR count). The van der Waals surface area contributed by atoms with Crippen molar-refractivity contribution in [2.75, 3.05) is 7.11 Å². The van der Waals surface area contributed by atoms with Crippen LogP contribution in [-0.2, 0) is 11.3 Å². The van der Waals surface area contributed by atoms with Crippen LogP contribution in [-0.4, -0.2) is 28.2 Å². The number of nitrogens with zero attached hydrogens (tertiary/aromatic N) is 2. The monoisotopic (exact) mass is 371 g/mol. The molecule has 144 valence electrons. The second kappa shape index (κ2) is 8.24. The van der Waals surface area contributed by atoms with E-state index < -0.39 is 11.1 Å². The number of aromatic nitrogens is 2. The topological polar surface area (TPSA) is 82.3 Å².